The molecule has 0 spiro atoms. The summed E-state index contributed by atoms with van der Waals surface area (Å²) in [6, 6.07) is 7.25. The first-order valence-electron chi connectivity index (χ1n) is 5.72. The molecule has 114 valence electrons. The van der Waals surface area contributed by atoms with Crippen molar-refractivity contribution in [1.29, 1.82) is 0 Å². The minimum Gasteiger partial charge on any atom is -1.00 e. The van der Waals surface area contributed by atoms with Gasteiger partial charge >= 0.3 is 53.4 Å². The molecule has 0 fully saturated rings. The summed E-state index contributed by atoms with van der Waals surface area (Å²) >= 11 is 0. The average Bonchev–Trinajstić information content (AvgIpc) is 2.37. The van der Waals surface area contributed by atoms with Gasteiger partial charge in [0.2, 0.25) is 5.60 Å². The Kier molecular flexibility index (Phi) is 7.78. The molecule has 0 aromatic heterocycles. The number of hydrogen-bond donors (Lipinski definition) is 3. The van der Waals surface area contributed by atoms with E-state index in [-0.39, 0.29) is 36.5 Å². The smallest absolute Gasteiger partial charge is 1.00 e. The van der Waals surface area contributed by atoms with Crippen LogP contribution < -0.4 is 29.6 Å². The van der Waals surface area contributed by atoms with Gasteiger partial charge in [0.05, 0.1) is 18.4 Å². The number of carboxylic acid groups (broad SMARTS) is 3. The number of ether oxygens (including phenoxy) is 1. The van der Waals surface area contributed by atoms with Gasteiger partial charge in [-0.05, 0) is 12.1 Å². The monoisotopic (exact) mass is 320 g/mol. The molecular formula is C13H13NaO8. The number of carbonyl (C=O) groups is 4. The third-order valence-corrected chi connectivity index (χ3v) is 2.56. The third kappa shape index (κ3) is 5.47. The first-order valence-corrected chi connectivity index (χ1v) is 5.72. The average molecular weight is 320 g/mol. The van der Waals surface area contributed by atoms with Crippen molar-refractivity contribution in [3.63, 3.8) is 0 Å². The van der Waals surface area contributed by atoms with Crippen LogP contribution in [0.15, 0.2) is 30.3 Å². The number of benzene rings is 1. The molecule has 1 aromatic carbocycles. The summed E-state index contributed by atoms with van der Waals surface area (Å²) in [5.74, 6) is -6.14. The molecule has 9 heteroatoms. The van der Waals surface area contributed by atoms with Gasteiger partial charge in [0, 0.05) is 0 Å². The minimum absolute atomic E-state index is 0. The van der Waals surface area contributed by atoms with E-state index in [1.807, 2.05) is 0 Å². The van der Waals surface area contributed by atoms with Crippen molar-refractivity contribution in [2.24, 2.45) is 0 Å². The summed E-state index contributed by atoms with van der Waals surface area (Å²) in [6.07, 6.45) is -2.32. The quantitative estimate of drug-likeness (QED) is 0.378. The fourth-order valence-electron chi connectivity index (χ4n) is 1.63. The molecule has 1 rings (SSSR count). The molecule has 0 aliphatic rings. The summed E-state index contributed by atoms with van der Waals surface area (Å²) in [6.45, 7) is 0. The van der Waals surface area contributed by atoms with Gasteiger partial charge in [-0.25, -0.2) is 9.59 Å². The first kappa shape index (κ1) is 20.1. The number of carboxylic acids is 3. The maximum Gasteiger partial charge on any atom is 1.00 e. The van der Waals surface area contributed by atoms with Crippen LogP contribution in [0.3, 0.4) is 0 Å². The topological polar surface area (TPSA) is 138 Å². The van der Waals surface area contributed by atoms with E-state index in [2.05, 4.69) is 0 Å². The molecule has 0 atom stereocenters. The van der Waals surface area contributed by atoms with Crippen LogP contribution in [0.1, 0.15) is 24.6 Å². The Morgan fingerprint density at radius 3 is 1.77 bits per heavy atom. The molecule has 0 aliphatic heterocycles. The maximum absolute atomic E-state index is 11.9. The van der Waals surface area contributed by atoms with Gasteiger partial charge in [0.1, 0.15) is 0 Å². The fourth-order valence-corrected chi connectivity index (χ4v) is 1.63. The summed E-state index contributed by atoms with van der Waals surface area (Å²) in [4.78, 5) is 44.7. The second-order valence-corrected chi connectivity index (χ2v) is 4.20. The Morgan fingerprint density at radius 1 is 0.955 bits per heavy atom. The Morgan fingerprint density at radius 2 is 1.41 bits per heavy atom. The minimum atomic E-state index is -2.66. The van der Waals surface area contributed by atoms with Gasteiger partial charge in [-0.2, -0.15) is 0 Å². The van der Waals surface area contributed by atoms with Crippen LogP contribution in [0.5, 0.6) is 0 Å². The molecule has 8 nitrogen and oxygen atoms in total. The Labute approximate surface area is 148 Å². The zero-order valence-electron chi connectivity index (χ0n) is 12.7. The molecule has 0 unspecified atom stereocenters. The number of esters is 1. The fraction of sp³-hybridized carbons (Fsp3) is 0.231. The van der Waals surface area contributed by atoms with Crippen molar-refractivity contribution in [1.82, 2.24) is 0 Å². The van der Waals surface area contributed by atoms with Gasteiger partial charge < -0.3 is 21.5 Å². The molecule has 0 radical (unpaired) electrons. The van der Waals surface area contributed by atoms with E-state index < -0.39 is 42.3 Å². The van der Waals surface area contributed by atoms with E-state index in [9.17, 15) is 19.2 Å². The molecule has 0 saturated carbocycles. The van der Waals surface area contributed by atoms with Crippen LogP contribution in [0.4, 0.5) is 0 Å². The predicted octanol–water partition coefficient (Wildman–Crippen LogP) is -2.27. The number of rotatable bonds is 7. The van der Waals surface area contributed by atoms with Gasteiger partial charge in [0.15, 0.2) is 0 Å². The van der Waals surface area contributed by atoms with Crippen molar-refractivity contribution in [2.75, 3.05) is 0 Å². The second-order valence-electron chi connectivity index (χ2n) is 4.20. The molecular weight excluding hydrogens is 307 g/mol. The standard InChI is InChI=1S/C13H12O8.Na.H/c14-9(15)6-13(12(19)20,7-10(16)17)21-11(18)8-4-2-1-3-5-8;;/h1-5H,6-7H2,(H,14,15)(H,16,17)(H,19,20);;/q;+1;-1. The number of hydrogen-bond acceptors (Lipinski definition) is 5. The zero-order valence-corrected chi connectivity index (χ0v) is 13.7. The van der Waals surface area contributed by atoms with Gasteiger partial charge in [-0.15, -0.1) is 0 Å². The van der Waals surface area contributed by atoms with Crippen LogP contribution >= 0.6 is 0 Å². The first-order chi connectivity index (χ1) is 9.77. The molecule has 0 aliphatic carbocycles. The molecule has 0 heterocycles. The maximum atomic E-state index is 11.9. The van der Waals surface area contributed by atoms with Crippen LogP contribution in [0.2, 0.25) is 0 Å². The largest absolute Gasteiger partial charge is 1.00 e. The van der Waals surface area contributed by atoms with Gasteiger partial charge in [-0.3, -0.25) is 9.59 Å². The number of aliphatic carboxylic acids is 3. The Bertz CT molecular complexity index is 559. The van der Waals surface area contributed by atoms with Gasteiger partial charge in [0.25, 0.3) is 0 Å². The van der Waals surface area contributed by atoms with E-state index >= 15 is 0 Å². The molecule has 22 heavy (non-hydrogen) atoms. The van der Waals surface area contributed by atoms with Crippen molar-refractivity contribution < 1.29 is 70.2 Å². The van der Waals surface area contributed by atoms with Crippen LogP contribution in [0, 0.1) is 0 Å². The SMILES string of the molecule is O=C(O)CC(CC(=O)O)(OC(=O)c1ccccc1)C(=O)O.[H-].[Na+]. The Hall–Kier alpha value is -1.90. The van der Waals surface area contributed by atoms with Crippen LogP contribution in [-0.4, -0.2) is 44.8 Å². The normalized spacial score (nSPS) is 10.2. The van der Waals surface area contributed by atoms with Crippen molar-refractivity contribution in [3.8, 4) is 0 Å². The predicted molar refractivity (Wildman–Crippen MR) is 67.8 cm³/mol. The van der Waals surface area contributed by atoms with Crippen molar-refractivity contribution in [2.45, 2.75) is 18.4 Å². The van der Waals surface area contributed by atoms with Crippen molar-refractivity contribution in [3.05, 3.63) is 35.9 Å². The summed E-state index contributed by atoms with van der Waals surface area (Å²) < 4.78 is 4.71. The van der Waals surface area contributed by atoms with E-state index in [0.717, 1.165) is 0 Å². The van der Waals surface area contributed by atoms with E-state index in [4.69, 9.17) is 20.1 Å². The van der Waals surface area contributed by atoms with Crippen molar-refractivity contribution >= 4 is 23.9 Å². The molecule has 1 aromatic rings. The second kappa shape index (κ2) is 8.52. The summed E-state index contributed by atoms with van der Waals surface area (Å²) in [5, 5.41) is 26.6. The van der Waals surface area contributed by atoms with E-state index in [1.165, 1.54) is 24.3 Å². The number of carbonyl (C=O) groups excluding carboxylic acids is 1. The molecule has 0 saturated heterocycles. The molecule has 3 N–H and O–H groups in total. The molecule has 0 bridgehead atoms. The Balaban J connectivity index is 0. The van der Waals surface area contributed by atoms with Gasteiger partial charge in [-0.1, -0.05) is 18.2 Å². The van der Waals surface area contributed by atoms with E-state index in [0.29, 0.717) is 0 Å². The third-order valence-electron chi connectivity index (χ3n) is 2.56. The molecule has 0 amide bonds. The van der Waals surface area contributed by atoms with Crippen LogP contribution in [0.25, 0.3) is 0 Å². The summed E-state index contributed by atoms with van der Waals surface area (Å²) in [5.41, 5.74) is -2.68. The van der Waals surface area contributed by atoms with E-state index in [1.54, 1.807) is 6.07 Å². The van der Waals surface area contributed by atoms with Crippen LogP contribution in [-0.2, 0) is 19.1 Å². The summed E-state index contributed by atoms with van der Waals surface area (Å²) in [7, 11) is 0. The zero-order chi connectivity index (χ0) is 16.0.